The second-order valence-corrected chi connectivity index (χ2v) is 4.75. The van der Waals surface area contributed by atoms with Gasteiger partial charge in [-0.05, 0) is 24.3 Å². The molecule has 0 saturated heterocycles. The molecule has 0 radical (unpaired) electrons. The van der Waals surface area contributed by atoms with Crippen molar-refractivity contribution < 1.29 is 18.8 Å². The van der Waals surface area contributed by atoms with Gasteiger partial charge in [0.2, 0.25) is 5.95 Å². The van der Waals surface area contributed by atoms with Gasteiger partial charge in [-0.25, -0.2) is 4.98 Å². The Labute approximate surface area is 124 Å². The summed E-state index contributed by atoms with van der Waals surface area (Å²) in [5.41, 5.74) is 0.969. The fraction of sp³-hybridized carbons (Fsp3) is 0.0667. The van der Waals surface area contributed by atoms with E-state index in [1.165, 1.54) is 37.5 Å². The summed E-state index contributed by atoms with van der Waals surface area (Å²) in [4.78, 5) is 40.0. The number of carbonyl (C=O) groups is 3. The molecule has 0 fully saturated rings. The molecule has 0 bridgehead atoms. The van der Waals surface area contributed by atoms with Crippen molar-refractivity contribution in [3.8, 4) is 0 Å². The first-order chi connectivity index (χ1) is 10.5. The first-order valence-electron chi connectivity index (χ1n) is 6.36. The van der Waals surface area contributed by atoms with Gasteiger partial charge in [0, 0.05) is 30.6 Å². The number of fused-ring (bicyclic) bond motifs is 1. The number of nitrogens with one attached hydrogen (secondary N) is 1. The molecular formula is C15H10FN3O3. The molecule has 1 aliphatic heterocycles. The van der Waals surface area contributed by atoms with Crippen LogP contribution in [0.2, 0.25) is 0 Å². The quantitative estimate of drug-likeness (QED) is 0.676. The topological polar surface area (TPSA) is 79.4 Å². The normalized spacial score (nSPS) is 13.3. The van der Waals surface area contributed by atoms with Crippen LogP contribution in [0.15, 0.2) is 36.5 Å². The zero-order valence-corrected chi connectivity index (χ0v) is 11.5. The average molecular weight is 299 g/mol. The summed E-state index contributed by atoms with van der Waals surface area (Å²) in [7, 11) is 1.39. The molecule has 22 heavy (non-hydrogen) atoms. The molecule has 0 saturated carbocycles. The minimum Gasteiger partial charge on any atom is -0.322 e. The van der Waals surface area contributed by atoms with E-state index in [1.807, 2.05) is 0 Å². The van der Waals surface area contributed by atoms with E-state index in [2.05, 4.69) is 10.3 Å². The van der Waals surface area contributed by atoms with Crippen LogP contribution in [0.25, 0.3) is 0 Å². The number of imide groups is 1. The van der Waals surface area contributed by atoms with E-state index in [9.17, 15) is 18.8 Å². The molecule has 2 aromatic rings. The Morgan fingerprint density at radius 2 is 1.86 bits per heavy atom. The number of amides is 3. The summed E-state index contributed by atoms with van der Waals surface area (Å²) in [6.45, 7) is 0. The van der Waals surface area contributed by atoms with Gasteiger partial charge >= 0.3 is 0 Å². The van der Waals surface area contributed by atoms with Gasteiger partial charge in [-0.1, -0.05) is 0 Å². The van der Waals surface area contributed by atoms with Crippen LogP contribution in [-0.2, 0) is 0 Å². The molecule has 1 aromatic heterocycles. The molecule has 0 aliphatic carbocycles. The maximum atomic E-state index is 13.0. The third-order valence-electron chi connectivity index (χ3n) is 3.34. The molecular weight excluding hydrogens is 289 g/mol. The van der Waals surface area contributed by atoms with E-state index in [4.69, 9.17) is 0 Å². The fourth-order valence-electron chi connectivity index (χ4n) is 2.19. The van der Waals surface area contributed by atoms with Crippen LogP contribution in [0.5, 0.6) is 0 Å². The summed E-state index contributed by atoms with van der Waals surface area (Å²) < 4.78 is 13.0. The van der Waals surface area contributed by atoms with Crippen LogP contribution in [0.4, 0.5) is 10.1 Å². The highest BCUT2D eigenvalue weighted by atomic mass is 19.1. The minimum atomic E-state index is -0.760. The molecule has 6 nitrogen and oxygen atoms in total. The third kappa shape index (κ3) is 2.22. The van der Waals surface area contributed by atoms with Gasteiger partial charge in [-0.3, -0.25) is 19.3 Å². The first kappa shape index (κ1) is 13.9. The molecule has 1 aromatic carbocycles. The lowest BCUT2D eigenvalue weighted by Gasteiger charge is -2.06. The molecule has 7 heteroatoms. The average Bonchev–Trinajstić information content (AvgIpc) is 2.72. The first-order valence-corrected chi connectivity index (χ1v) is 6.36. The van der Waals surface area contributed by atoms with Crippen LogP contribution < -0.4 is 5.32 Å². The highest BCUT2D eigenvalue weighted by Gasteiger charge is 2.32. The van der Waals surface area contributed by atoms with Gasteiger partial charge < -0.3 is 5.32 Å². The Morgan fingerprint density at radius 1 is 1.14 bits per heavy atom. The van der Waals surface area contributed by atoms with Gasteiger partial charge in [0.1, 0.15) is 0 Å². The minimum absolute atomic E-state index is 0.104. The SMILES string of the molecule is CN1C(=O)c2ccc(NC(=O)c3ccnc(F)c3)cc2C1=O. The molecule has 1 N–H and O–H groups in total. The zero-order chi connectivity index (χ0) is 15.9. The van der Waals surface area contributed by atoms with E-state index in [0.717, 1.165) is 11.0 Å². The van der Waals surface area contributed by atoms with E-state index >= 15 is 0 Å². The van der Waals surface area contributed by atoms with E-state index in [-0.39, 0.29) is 17.0 Å². The van der Waals surface area contributed by atoms with Gasteiger partial charge in [0.25, 0.3) is 17.7 Å². The monoisotopic (exact) mass is 299 g/mol. The number of anilines is 1. The molecule has 2 heterocycles. The zero-order valence-electron chi connectivity index (χ0n) is 11.5. The fourth-order valence-corrected chi connectivity index (χ4v) is 2.19. The lowest BCUT2D eigenvalue weighted by molar-refractivity contribution is 0.0692. The van der Waals surface area contributed by atoms with Crippen LogP contribution in [0.1, 0.15) is 31.1 Å². The smallest absolute Gasteiger partial charge is 0.261 e. The number of benzene rings is 1. The van der Waals surface area contributed by atoms with Crippen LogP contribution in [0.3, 0.4) is 0 Å². The number of rotatable bonds is 2. The number of carbonyl (C=O) groups excluding carboxylic acids is 3. The molecule has 110 valence electrons. The Bertz CT molecular complexity index is 819. The molecule has 0 atom stereocenters. The predicted molar refractivity (Wildman–Crippen MR) is 75.0 cm³/mol. The maximum absolute atomic E-state index is 13.0. The second-order valence-electron chi connectivity index (χ2n) is 4.75. The largest absolute Gasteiger partial charge is 0.322 e. The van der Waals surface area contributed by atoms with Crippen molar-refractivity contribution in [1.29, 1.82) is 0 Å². The molecule has 3 rings (SSSR count). The summed E-state index contributed by atoms with van der Waals surface area (Å²) in [5, 5.41) is 2.55. The number of hydrogen-bond acceptors (Lipinski definition) is 4. The van der Waals surface area contributed by atoms with Crippen molar-refractivity contribution in [1.82, 2.24) is 9.88 Å². The number of hydrogen-bond donors (Lipinski definition) is 1. The molecule has 0 unspecified atom stereocenters. The van der Waals surface area contributed by atoms with Crippen molar-refractivity contribution in [2.45, 2.75) is 0 Å². The highest BCUT2D eigenvalue weighted by molar-refractivity contribution is 6.21. The van der Waals surface area contributed by atoms with Crippen molar-refractivity contribution >= 4 is 23.4 Å². The number of aromatic nitrogens is 1. The number of halogens is 1. The summed E-state index contributed by atoms with van der Waals surface area (Å²) in [5.74, 6) is -2.10. The Hall–Kier alpha value is -3.09. The lowest BCUT2D eigenvalue weighted by atomic mass is 10.1. The van der Waals surface area contributed by atoms with Gasteiger partial charge in [0.15, 0.2) is 0 Å². The third-order valence-corrected chi connectivity index (χ3v) is 3.34. The van der Waals surface area contributed by atoms with Gasteiger partial charge in [-0.2, -0.15) is 4.39 Å². The Kier molecular flexibility index (Phi) is 3.17. The standard InChI is InChI=1S/C15H10FN3O3/c1-19-14(21)10-3-2-9(7-11(10)15(19)22)18-13(20)8-4-5-17-12(16)6-8/h2-7H,1H3,(H,18,20). The van der Waals surface area contributed by atoms with Gasteiger partial charge in [-0.15, -0.1) is 0 Å². The molecule has 3 amide bonds. The van der Waals surface area contributed by atoms with Crippen LogP contribution >= 0.6 is 0 Å². The van der Waals surface area contributed by atoms with Gasteiger partial charge in [0.05, 0.1) is 11.1 Å². The highest BCUT2D eigenvalue weighted by Crippen LogP contribution is 2.25. The molecule has 1 aliphatic rings. The second kappa shape index (κ2) is 5.03. The van der Waals surface area contributed by atoms with Crippen LogP contribution in [-0.4, -0.2) is 34.7 Å². The van der Waals surface area contributed by atoms with E-state index in [1.54, 1.807) is 0 Å². The maximum Gasteiger partial charge on any atom is 0.261 e. The van der Waals surface area contributed by atoms with Crippen molar-refractivity contribution in [3.63, 3.8) is 0 Å². The predicted octanol–water partition coefficient (Wildman–Crippen LogP) is 1.70. The van der Waals surface area contributed by atoms with Crippen molar-refractivity contribution in [2.24, 2.45) is 0 Å². The van der Waals surface area contributed by atoms with E-state index in [0.29, 0.717) is 11.3 Å². The summed E-state index contributed by atoms with van der Waals surface area (Å²) >= 11 is 0. The summed E-state index contributed by atoms with van der Waals surface area (Å²) in [6, 6.07) is 6.79. The van der Waals surface area contributed by atoms with Crippen molar-refractivity contribution in [2.75, 3.05) is 12.4 Å². The number of nitrogens with zero attached hydrogens (tertiary/aromatic N) is 2. The Morgan fingerprint density at radius 3 is 2.59 bits per heavy atom. The lowest BCUT2D eigenvalue weighted by Crippen LogP contribution is -2.24. The van der Waals surface area contributed by atoms with Crippen molar-refractivity contribution in [3.05, 3.63) is 59.2 Å². The number of pyridine rings is 1. The summed E-state index contributed by atoms with van der Waals surface area (Å²) in [6.07, 6.45) is 1.18. The van der Waals surface area contributed by atoms with E-state index < -0.39 is 17.8 Å². The van der Waals surface area contributed by atoms with Crippen LogP contribution in [0, 0.1) is 5.95 Å². The Balaban J connectivity index is 1.88. The molecule has 0 spiro atoms.